The van der Waals surface area contributed by atoms with Crippen LogP contribution in [0.5, 0.6) is 0 Å². The highest BCUT2D eigenvalue weighted by atomic mass is 32.2. The van der Waals surface area contributed by atoms with Crippen molar-refractivity contribution in [3.05, 3.63) is 29.8 Å². The van der Waals surface area contributed by atoms with E-state index < -0.39 is 10.0 Å². The van der Waals surface area contributed by atoms with Gasteiger partial charge >= 0.3 is 5.97 Å². The molecular weight excluding hydrogens is 368 g/mol. The summed E-state index contributed by atoms with van der Waals surface area (Å²) < 4.78 is 31.8. The van der Waals surface area contributed by atoms with Gasteiger partial charge in [0.1, 0.15) is 0 Å². The monoisotopic (exact) mass is 396 g/mol. The molecule has 7 nitrogen and oxygen atoms in total. The standard InChI is InChI=1S/C19H28N2O5S/c1-4-26-18(22)11-12-21(13-15-5-6-15)19(23)16-7-9-17(10-8-16)27(24,25)20-14(2)3/h7-10,14-15,20H,4-6,11-13H2,1-3H3. The molecule has 27 heavy (non-hydrogen) atoms. The van der Waals surface area contributed by atoms with E-state index in [1.165, 1.54) is 24.3 Å². The van der Waals surface area contributed by atoms with Gasteiger partial charge in [0.25, 0.3) is 5.91 Å². The van der Waals surface area contributed by atoms with Crippen molar-refractivity contribution in [2.75, 3.05) is 19.7 Å². The topological polar surface area (TPSA) is 92.8 Å². The van der Waals surface area contributed by atoms with E-state index in [0.717, 1.165) is 12.8 Å². The van der Waals surface area contributed by atoms with Crippen LogP contribution in [0.15, 0.2) is 29.2 Å². The zero-order chi connectivity index (χ0) is 20.0. The maximum atomic E-state index is 12.8. The normalized spacial score (nSPS) is 14.2. The van der Waals surface area contributed by atoms with Crippen molar-refractivity contribution in [1.29, 1.82) is 0 Å². The predicted octanol–water partition coefficient (Wildman–Crippen LogP) is 2.18. The molecule has 1 aromatic rings. The van der Waals surface area contributed by atoms with E-state index in [1.54, 1.807) is 25.7 Å². The zero-order valence-electron chi connectivity index (χ0n) is 16.1. The summed E-state index contributed by atoms with van der Waals surface area (Å²) in [5.74, 6) is -0.0506. The van der Waals surface area contributed by atoms with E-state index in [-0.39, 0.29) is 29.2 Å². The molecule has 0 spiro atoms. The highest BCUT2D eigenvalue weighted by molar-refractivity contribution is 7.89. The quantitative estimate of drug-likeness (QED) is 0.612. The number of rotatable bonds is 10. The maximum absolute atomic E-state index is 12.8. The summed E-state index contributed by atoms with van der Waals surface area (Å²) in [6, 6.07) is 5.67. The highest BCUT2D eigenvalue weighted by Gasteiger charge is 2.28. The molecule has 1 N–H and O–H groups in total. The van der Waals surface area contributed by atoms with Crippen molar-refractivity contribution < 1.29 is 22.7 Å². The molecule has 1 amide bonds. The summed E-state index contributed by atoms with van der Waals surface area (Å²) in [4.78, 5) is 26.2. The van der Waals surface area contributed by atoms with Gasteiger partial charge in [0.15, 0.2) is 0 Å². The van der Waals surface area contributed by atoms with E-state index >= 15 is 0 Å². The van der Waals surface area contributed by atoms with Crippen LogP contribution in [-0.2, 0) is 19.6 Å². The molecule has 0 aromatic heterocycles. The number of nitrogens with one attached hydrogen (secondary N) is 1. The number of ether oxygens (including phenoxy) is 1. The van der Waals surface area contributed by atoms with Crippen LogP contribution in [-0.4, -0.2) is 50.9 Å². The summed E-state index contributed by atoms with van der Waals surface area (Å²) in [7, 11) is -3.60. The number of carbonyl (C=O) groups is 2. The Kier molecular flexibility index (Phi) is 7.38. The number of hydrogen-bond donors (Lipinski definition) is 1. The Balaban J connectivity index is 2.08. The van der Waals surface area contributed by atoms with Crippen molar-refractivity contribution in [3.8, 4) is 0 Å². The molecule has 0 saturated heterocycles. The van der Waals surface area contributed by atoms with E-state index in [2.05, 4.69) is 4.72 Å². The summed E-state index contributed by atoms with van der Waals surface area (Å²) in [6.07, 6.45) is 2.32. The molecule has 0 aliphatic heterocycles. The fourth-order valence-corrected chi connectivity index (χ4v) is 3.94. The van der Waals surface area contributed by atoms with Crippen LogP contribution >= 0.6 is 0 Å². The third-order valence-corrected chi connectivity index (χ3v) is 5.83. The van der Waals surface area contributed by atoms with Gasteiger partial charge in [-0.05, 0) is 63.8 Å². The van der Waals surface area contributed by atoms with Crippen LogP contribution in [0, 0.1) is 5.92 Å². The van der Waals surface area contributed by atoms with Gasteiger partial charge < -0.3 is 9.64 Å². The maximum Gasteiger partial charge on any atom is 0.307 e. The second kappa shape index (κ2) is 9.32. The fraction of sp³-hybridized carbons (Fsp3) is 0.579. The van der Waals surface area contributed by atoms with Gasteiger partial charge in [-0.3, -0.25) is 9.59 Å². The zero-order valence-corrected chi connectivity index (χ0v) is 16.9. The third kappa shape index (κ3) is 6.62. The number of sulfonamides is 1. The van der Waals surface area contributed by atoms with Crippen LogP contribution in [0.3, 0.4) is 0 Å². The van der Waals surface area contributed by atoms with Crippen LogP contribution < -0.4 is 4.72 Å². The second-order valence-electron chi connectivity index (χ2n) is 7.05. The second-order valence-corrected chi connectivity index (χ2v) is 8.76. The molecule has 1 fully saturated rings. The summed E-state index contributed by atoms with van der Waals surface area (Å²) >= 11 is 0. The van der Waals surface area contributed by atoms with E-state index in [4.69, 9.17) is 4.74 Å². The number of esters is 1. The van der Waals surface area contributed by atoms with E-state index in [1.807, 2.05) is 0 Å². The number of benzene rings is 1. The molecule has 0 radical (unpaired) electrons. The van der Waals surface area contributed by atoms with Gasteiger partial charge in [0, 0.05) is 24.7 Å². The highest BCUT2D eigenvalue weighted by Crippen LogP contribution is 2.30. The lowest BCUT2D eigenvalue weighted by molar-refractivity contribution is -0.143. The van der Waals surface area contributed by atoms with Crippen molar-refractivity contribution in [1.82, 2.24) is 9.62 Å². The van der Waals surface area contributed by atoms with E-state index in [0.29, 0.717) is 31.2 Å². The van der Waals surface area contributed by atoms with Gasteiger partial charge in [0.2, 0.25) is 10.0 Å². The molecule has 8 heteroatoms. The molecule has 150 valence electrons. The average molecular weight is 397 g/mol. The minimum Gasteiger partial charge on any atom is -0.466 e. The summed E-state index contributed by atoms with van der Waals surface area (Å²) in [5, 5.41) is 0. The van der Waals surface area contributed by atoms with Crippen LogP contribution in [0.4, 0.5) is 0 Å². The van der Waals surface area contributed by atoms with Gasteiger partial charge in [-0.1, -0.05) is 0 Å². The molecule has 1 aliphatic rings. The van der Waals surface area contributed by atoms with Gasteiger partial charge in [-0.25, -0.2) is 13.1 Å². The Bertz CT molecular complexity index is 755. The Labute approximate surface area is 161 Å². The minimum absolute atomic E-state index is 0.119. The minimum atomic E-state index is -3.60. The first kappa shape index (κ1) is 21.4. The van der Waals surface area contributed by atoms with Crippen molar-refractivity contribution in [3.63, 3.8) is 0 Å². The van der Waals surface area contributed by atoms with Crippen molar-refractivity contribution in [2.45, 2.75) is 51.0 Å². The third-order valence-electron chi connectivity index (χ3n) is 4.16. The van der Waals surface area contributed by atoms with Crippen molar-refractivity contribution in [2.24, 2.45) is 5.92 Å². The molecule has 0 bridgehead atoms. The number of amides is 1. The Morgan fingerprint density at radius 3 is 2.37 bits per heavy atom. The molecule has 0 heterocycles. The van der Waals surface area contributed by atoms with Crippen LogP contribution in [0.2, 0.25) is 0 Å². The Morgan fingerprint density at radius 2 is 1.85 bits per heavy atom. The Morgan fingerprint density at radius 1 is 1.22 bits per heavy atom. The number of nitrogens with zero attached hydrogens (tertiary/aromatic N) is 1. The van der Waals surface area contributed by atoms with Crippen LogP contribution in [0.1, 0.15) is 50.4 Å². The van der Waals surface area contributed by atoms with Gasteiger partial charge in [-0.15, -0.1) is 0 Å². The number of carbonyl (C=O) groups excluding carboxylic acids is 2. The molecule has 1 aromatic carbocycles. The average Bonchev–Trinajstić information content (AvgIpc) is 3.41. The summed E-state index contributed by atoms with van der Waals surface area (Å²) in [6.45, 7) is 6.45. The predicted molar refractivity (Wildman–Crippen MR) is 102 cm³/mol. The first-order chi connectivity index (χ1) is 12.7. The molecule has 1 saturated carbocycles. The molecule has 0 atom stereocenters. The first-order valence-electron chi connectivity index (χ1n) is 9.30. The SMILES string of the molecule is CCOC(=O)CCN(CC1CC1)C(=O)c1ccc(S(=O)(=O)NC(C)C)cc1. The largest absolute Gasteiger partial charge is 0.466 e. The lowest BCUT2D eigenvalue weighted by atomic mass is 10.2. The lowest BCUT2D eigenvalue weighted by Crippen LogP contribution is -2.35. The van der Waals surface area contributed by atoms with E-state index in [9.17, 15) is 18.0 Å². The Hall–Kier alpha value is -1.93. The first-order valence-corrected chi connectivity index (χ1v) is 10.8. The molecule has 1 aliphatic carbocycles. The molecule has 2 rings (SSSR count). The molecular formula is C19H28N2O5S. The van der Waals surface area contributed by atoms with Crippen LogP contribution in [0.25, 0.3) is 0 Å². The fourth-order valence-electron chi connectivity index (χ4n) is 2.68. The molecule has 0 unspecified atom stereocenters. The number of hydrogen-bond acceptors (Lipinski definition) is 5. The lowest BCUT2D eigenvalue weighted by Gasteiger charge is -2.22. The van der Waals surface area contributed by atoms with Gasteiger partial charge in [0.05, 0.1) is 17.9 Å². The van der Waals surface area contributed by atoms with Crippen molar-refractivity contribution >= 4 is 21.9 Å². The van der Waals surface area contributed by atoms with Gasteiger partial charge in [-0.2, -0.15) is 0 Å². The smallest absolute Gasteiger partial charge is 0.307 e. The summed E-state index contributed by atoms with van der Waals surface area (Å²) in [5.41, 5.74) is 0.406.